The van der Waals surface area contributed by atoms with Gasteiger partial charge >= 0.3 is 0 Å². The third-order valence-electron chi connectivity index (χ3n) is 4.55. The zero-order chi connectivity index (χ0) is 22.5. The van der Waals surface area contributed by atoms with Gasteiger partial charge in [-0.1, -0.05) is 23.7 Å². The Kier molecular flexibility index (Phi) is 6.37. The van der Waals surface area contributed by atoms with Crippen molar-refractivity contribution in [2.75, 3.05) is 11.9 Å². The predicted octanol–water partition coefficient (Wildman–Crippen LogP) is 4.25. The van der Waals surface area contributed by atoms with Gasteiger partial charge in [0.1, 0.15) is 23.8 Å². The Hall–Kier alpha value is -3.84. The summed E-state index contributed by atoms with van der Waals surface area (Å²) in [6, 6.07) is 18.9. The summed E-state index contributed by atoms with van der Waals surface area (Å²) in [6.45, 7) is 1.90. The number of anilines is 1. The molecule has 0 bridgehead atoms. The number of rotatable bonds is 7. The fraction of sp³-hybridized carbons (Fsp3) is 0.125. The maximum absolute atomic E-state index is 12.3. The molecule has 7 nitrogen and oxygen atoms in total. The summed E-state index contributed by atoms with van der Waals surface area (Å²) < 4.78 is 12.7. The normalized spacial score (nSPS) is 10.7. The number of amides is 1. The van der Waals surface area contributed by atoms with Crippen LogP contribution in [0.15, 0.2) is 77.7 Å². The fourth-order valence-electron chi connectivity index (χ4n) is 3.03. The van der Waals surface area contributed by atoms with Crippen LogP contribution in [0.3, 0.4) is 0 Å². The van der Waals surface area contributed by atoms with Crippen molar-refractivity contribution in [1.29, 1.82) is 0 Å². The number of carbonyl (C=O) groups excluding carboxylic acids is 1. The number of pyridine rings is 1. The average Bonchev–Trinajstić information content (AvgIpc) is 2.78. The lowest BCUT2D eigenvalue weighted by Crippen LogP contribution is -2.20. The van der Waals surface area contributed by atoms with E-state index >= 15 is 0 Å². The first-order chi connectivity index (χ1) is 15.5. The molecule has 8 heteroatoms. The molecule has 2 heterocycles. The van der Waals surface area contributed by atoms with Gasteiger partial charge in [-0.3, -0.25) is 14.0 Å². The van der Waals surface area contributed by atoms with E-state index < -0.39 is 0 Å². The molecule has 0 radical (unpaired) electrons. The summed E-state index contributed by atoms with van der Waals surface area (Å²) in [7, 11) is 0. The van der Waals surface area contributed by atoms with E-state index in [2.05, 4.69) is 10.3 Å². The number of fused-ring (bicyclic) bond motifs is 1. The van der Waals surface area contributed by atoms with Gasteiger partial charge in [0.05, 0.1) is 5.69 Å². The average molecular weight is 450 g/mol. The van der Waals surface area contributed by atoms with Crippen molar-refractivity contribution >= 4 is 28.8 Å². The molecule has 4 rings (SSSR count). The van der Waals surface area contributed by atoms with E-state index in [9.17, 15) is 9.59 Å². The standard InChI is InChI=1S/C24H20ClN3O4/c1-16-5-10-22-26-19(12-24(30)28(22)13-16)14-31-21-4-2-3-18(11-21)27-23(29)15-32-20-8-6-17(25)7-9-20/h2-13H,14-15H2,1H3,(H,27,29). The van der Waals surface area contributed by atoms with Crippen molar-refractivity contribution in [1.82, 2.24) is 9.38 Å². The molecular weight excluding hydrogens is 430 g/mol. The third-order valence-corrected chi connectivity index (χ3v) is 4.80. The number of hydrogen-bond donors (Lipinski definition) is 1. The predicted molar refractivity (Wildman–Crippen MR) is 123 cm³/mol. The van der Waals surface area contributed by atoms with Crippen LogP contribution in [0.1, 0.15) is 11.3 Å². The van der Waals surface area contributed by atoms with Gasteiger partial charge < -0.3 is 14.8 Å². The Morgan fingerprint density at radius 3 is 2.66 bits per heavy atom. The van der Waals surface area contributed by atoms with Crippen molar-refractivity contribution in [2.24, 2.45) is 0 Å². The molecule has 1 N–H and O–H groups in total. The summed E-state index contributed by atoms with van der Waals surface area (Å²) in [5.74, 6) is 0.777. The van der Waals surface area contributed by atoms with Gasteiger partial charge in [0.15, 0.2) is 6.61 Å². The summed E-state index contributed by atoms with van der Waals surface area (Å²) in [6.07, 6.45) is 1.75. The van der Waals surface area contributed by atoms with Crippen LogP contribution < -0.4 is 20.3 Å². The van der Waals surface area contributed by atoms with Gasteiger partial charge in [-0.05, 0) is 55.0 Å². The van der Waals surface area contributed by atoms with Crippen LogP contribution in [0.2, 0.25) is 5.02 Å². The van der Waals surface area contributed by atoms with Gasteiger partial charge in [0, 0.05) is 29.0 Å². The molecule has 2 aromatic heterocycles. The van der Waals surface area contributed by atoms with E-state index in [0.29, 0.717) is 33.6 Å². The maximum Gasteiger partial charge on any atom is 0.262 e. The van der Waals surface area contributed by atoms with Crippen LogP contribution in [-0.2, 0) is 11.4 Å². The first-order valence-corrected chi connectivity index (χ1v) is 10.2. The quantitative estimate of drug-likeness (QED) is 0.456. The molecule has 1 amide bonds. The fourth-order valence-corrected chi connectivity index (χ4v) is 3.16. The number of aromatic nitrogens is 2. The summed E-state index contributed by atoms with van der Waals surface area (Å²) in [4.78, 5) is 29.0. The molecule has 0 fully saturated rings. The number of benzene rings is 2. The Labute approximate surface area is 189 Å². The van der Waals surface area contributed by atoms with Gasteiger partial charge in [0.25, 0.3) is 11.5 Å². The molecule has 32 heavy (non-hydrogen) atoms. The lowest BCUT2D eigenvalue weighted by atomic mass is 10.3. The number of ether oxygens (including phenoxy) is 2. The zero-order valence-electron chi connectivity index (χ0n) is 17.2. The van der Waals surface area contributed by atoms with Crippen LogP contribution in [0.5, 0.6) is 11.5 Å². The van der Waals surface area contributed by atoms with Crippen molar-refractivity contribution in [3.05, 3.63) is 99.6 Å². The first-order valence-electron chi connectivity index (χ1n) is 9.86. The second-order valence-electron chi connectivity index (χ2n) is 7.13. The minimum atomic E-state index is -0.309. The van der Waals surface area contributed by atoms with Crippen molar-refractivity contribution in [2.45, 2.75) is 13.5 Å². The smallest absolute Gasteiger partial charge is 0.262 e. The first kappa shape index (κ1) is 21.4. The molecule has 2 aromatic carbocycles. The van der Waals surface area contributed by atoms with E-state index in [1.807, 2.05) is 13.0 Å². The maximum atomic E-state index is 12.3. The van der Waals surface area contributed by atoms with Crippen LogP contribution in [-0.4, -0.2) is 21.9 Å². The minimum Gasteiger partial charge on any atom is -0.487 e. The highest BCUT2D eigenvalue weighted by Gasteiger charge is 2.07. The second-order valence-corrected chi connectivity index (χ2v) is 7.56. The SMILES string of the molecule is Cc1ccc2nc(COc3cccc(NC(=O)COc4ccc(Cl)cc4)c3)cc(=O)n2c1. The van der Waals surface area contributed by atoms with Gasteiger partial charge in [-0.2, -0.15) is 0 Å². The van der Waals surface area contributed by atoms with Crippen molar-refractivity contribution < 1.29 is 14.3 Å². The van der Waals surface area contributed by atoms with E-state index in [4.69, 9.17) is 21.1 Å². The van der Waals surface area contributed by atoms with E-state index in [-0.39, 0.29) is 24.7 Å². The van der Waals surface area contributed by atoms with Crippen molar-refractivity contribution in [3.63, 3.8) is 0 Å². The van der Waals surface area contributed by atoms with Crippen LogP contribution in [0, 0.1) is 6.92 Å². The van der Waals surface area contributed by atoms with Gasteiger partial charge in [-0.25, -0.2) is 4.98 Å². The zero-order valence-corrected chi connectivity index (χ0v) is 18.0. The summed E-state index contributed by atoms with van der Waals surface area (Å²) >= 11 is 5.83. The summed E-state index contributed by atoms with van der Waals surface area (Å²) in [5, 5.41) is 3.36. The molecular formula is C24H20ClN3O4. The highest BCUT2D eigenvalue weighted by atomic mass is 35.5. The molecule has 4 aromatic rings. The molecule has 0 unspecified atom stereocenters. The number of nitrogens with one attached hydrogen (secondary N) is 1. The van der Waals surface area contributed by atoms with E-state index in [0.717, 1.165) is 5.56 Å². The Morgan fingerprint density at radius 1 is 1.03 bits per heavy atom. The Bertz CT molecular complexity index is 1320. The topological polar surface area (TPSA) is 81.9 Å². The molecule has 0 spiro atoms. The van der Waals surface area contributed by atoms with Gasteiger partial charge in [0.2, 0.25) is 0 Å². The van der Waals surface area contributed by atoms with Gasteiger partial charge in [-0.15, -0.1) is 0 Å². The monoisotopic (exact) mass is 449 g/mol. The number of hydrogen-bond acceptors (Lipinski definition) is 5. The molecule has 0 aliphatic rings. The number of nitrogens with zero attached hydrogens (tertiary/aromatic N) is 2. The molecule has 162 valence electrons. The third kappa shape index (κ3) is 5.44. The van der Waals surface area contributed by atoms with E-state index in [1.165, 1.54) is 10.5 Å². The molecule has 0 aliphatic heterocycles. The van der Waals surface area contributed by atoms with Crippen LogP contribution in [0.4, 0.5) is 5.69 Å². The highest BCUT2D eigenvalue weighted by Crippen LogP contribution is 2.19. The number of carbonyl (C=O) groups is 1. The van der Waals surface area contributed by atoms with Crippen LogP contribution >= 0.6 is 11.6 Å². The van der Waals surface area contributed by atoms with Crippen LogP contribution in [0.25, 0.3) is 5.65 Å². The lowest BCUT2D eigenvalue weighted by Gasteiger charge is -2.10. The minimum absolute atomic E-state index is 0.122. The van der Waals surface area contributed by atoms with E-state index in [1.54, 1.807) is 60.8 Å². The molecule has 0 atom stereocenters. The molecule has 0 saturated carbocycles. The molecule has 0 aliphatic carbocycles. The number of halogens is 1. The Morgan fingerprint density at radius 2 is 1.84 bits per heavy atom. The van der Waals surface area contributed by atoms with Crippen molar-refractivity contribution in [3.8, 4) is 11.5 Å². The lowest BCUT2D eigenvalue weighted by molar-refractivity contribution is -0.118. The Balaban J connectivity index is 1.36. The summed E-state index contributed by atoms with van der Waals surface area (Å²) in [5.41, 5.74) is 2.45. The largest absolute Gasteiger partial charge is 0.487 e. The molecule has 0 saturated heterocycles. The second kappa shape index (κ2) is 9.53. The number of aryl methyl sites for hydroxylation is 1. The highest BCUT2D eigenvalue weighted by molar-refractivity contribution is 6.30.